The first kappa shape index (κ1) is 24.2. The molecule has 3 aromatic rings. The Balaban J connectivity index is 1.54. The van der Waals surface area contributed by atoms with Crippen molar-refractivity contribution in [2.24, 2.45) is 5.92 Å². The van der Waals surface area contributed by atoms with Gasteiger partial charge in [-0.3, -0.25) is 9.59 Å². The quantitative estimate of drug-likeness (QED) is 0.383. The van der Waals surface area contributed by atoms with Gasteiger partial charge in [-0.25, -0.2) is 0 Å². The third-order valence-corrected chi connectivity index (χ3v) is 5.76. The number of hydrogen-bond acceptors (Lipinski definition) is 3. The summed E-state index contributed by atoms with van der Waals surface area (Å²) in [5.41, 5.74) is 4.47. The van der Waals surface area contributed by atoms with Crippen molar-refractivity contribution in [3.63, 3.8) is 0 Å². The third kappa shape index (κ3) is 7.88. The number of carboxylic acids is 1. The van der Waals surface area contributed by atoms with Crippen LogP contribution >= 0.6 is 0 Å². The average Bonchev–Trinajstić information content (AvgIpc) is 2.84. The first-order valence-corrected chi connectivity index (χ1v) is 11.4. The van der Waals surface area contributed by atoms with Gasteiger partial charge in [0.05, 0.1) is 19.1 Å². The number of amides is 1. The molecular formula is C28H31NO4. The van der Waals surface area contributed by atoms with Crippen molar-refractivity contribution in [1.82, 2.24) is 5.32 Å². The van der Waals surface area contributed by atoms with Crippen molar-refractivity contribution in [3.8, 4) is 11.1 Å². The summed E-state index contributed by atoms with van der Waals surface area (Å²) in [6, 6.07) is 27.6. The van der Waals surface area contributed by atoms with Gasteiger partial charge in [-0.2, -0.15) is 0 Å². The van der Waals surface area contributed by atoms with Crippen molar-refractivity contribution >= 4 is 11.9 Å². The van der Waals surface area contributed by atoms with Gasteiger partial charge in [0.2, 0.25) is 5.91 Å². The maximum absolute atomic E-state index is 12.8. The second-order valence-corrected chi connectivity index (χ2v) is 8.33. The molecule has 33 heavy (non-hydrogen) atoms. The molecule has 5 nitrogen and oxygen atoms in total. The monoisotopic (exact) mass is 445 g/mol. The number of carbonyl (C=O) groups excluding carboxylic acids is 1. The fraction of sp³-hybridized carbons (Fsp3) is 0.286. The predicted molar refractivity (Wildman–Crippen MR) is 130 cm³/mol. The Morgan fingerprint density at radius 1 is 0.788 bits per heavy atom. The maximum Gasteiger partial charge on any atom is 0.304 e. The lowest BCUT2D eigenvalue weighted by molar-refractivity contribution is -0.141. The predicted octanol–water partition coefficient (Wildman–Crippen LogP) is 4.49. The van der Waals surface area contributed by atoms with E-state index in [4.69, 9.17) is 0 Å². The van der Waals surface area contributed by atoms with Crippen molar-refractivity contribution < 1.29 is 19.8 Å². The Kier molecular flexibility index (Phi) is 9.21. The molecule has 3 rings (SSSR count). The van der Waals surface area contributed by atoms with Crippen LogP contribution in [0.25, 0.3) is 11.1 Å². The summed E-state index contributed by atoms with van der Waals surface area (Å²) in [5, 5.41) is 21.8. The fourth-order valence-electron chi connectivity index (χ4n) is 3.96. The molecule has 172 valence electrons. The SMILES string of the molecule is O=C(O)C[C@@H](CCCc1ccc(-c2ccccc2)cc1)C(=O)N[C@@H](CO)Cc1ccccc1. The van der Waals surface area contributed by atoms with Crippen molar-refractivity contribution in [2.45, 2.75) is 38.1 Å². The number of aryl methyl sites for hydroxylation is 1. The van der Waals surface area contributed by atoms with Crippen LogP contribution in [0.4, 0.5) is 0 Å². The molecule has 0 saturated heterocycles. The number of hydrogen-bond donors (Lipinski definition) is 3. The smallest absolute Gasteiger partial charge is 0.304 e. The number of carbonyl (C=O) groups is 2. The lowest BCUT2D eigenvalue weighted by atomic mass is 9.94. The molecule has 0 radical (unpaired) electrons. The van der Waals surface area contributed by atoms with Gasteiger partial charge in [-0.05, 0) is 47.9 Å². The van der Waals surface area contributed by atoms with E-state index in [1.165, 1.54) is 0 Å². The molecule has 0 heterocycles. The molecule has 3 aromatic carbocycles. The van der Waals surface area contributed by atoms with E-state index < -0.39 is 17.9 Å². The van der Waals surface area contributed by atoms with E-state index in [1.54, 1.807) is 0 Å². The maximum atomic E-state index is 12.8. The topological polar surface area (TPSA) is 86.6 Å². The molecule has 0 aliphatic rings. The standard InChI is InChI=1S/C28H31NO4/c30-20-26(18-22-8-3-1-4-9-22)29-28(33)25(19-27(31)32)13-7-10-21-14-16-24(17-15-21)23-11-5-2-6-12-23/h1-6,8-9,11-12,14-17,25-26,30H,7,10,13,18-20H2,(H,29,33)(H,31,32)/t25-,26-/m1/s1. The van der Waals surface area contributed by atoms with E-state index in [0.717, 1.165) is 28.7 Å². The summed E-state index contributed by atoms with van der Waals surface area (Å²) in [7, 11) is 0. The average molecular weight is 446 g/mol. The van der Waals surface area contributed by atoms with Gasteiger partial charge in [0.15, 0.2) is 0 Å². The first-order chi connectivity index (χ1) is 16.0. The van der Waals surface area contributed by atoms with E-state index in [1.807, 2.05) is 48.5 Å². The zero-order valence-corrected chi connectivity index (χ0v) is 18.7. The van der Waals surface area contributed by atoms with Gasteiger partial charge < -0.3 is 15.5 Å². The van der Waals surface area contributed by atoms with E-state index in [-0.39, 0.29) is 18.9 Å². The lowest BCUT2D eigenvalue weighted by Crippen LogP contribution is -2.42. The highest BCUT2D eigenvalue weighted by Crippen LogP contribution is 2.21. The summed E-state index contributed by atoms with van der Waals surface area (Å²) in [6.45, 7) is -0.200. The molecule has 5 heteroatoms. The summed E-state index contributed by atoms with van der Waals surface area (Å²) in [5.74, 6) is -1.94. The van der Waals surface area contributed by atoms with Crippen LogP contribution < -0.4 is 5.32 Å². The molecule has 1 amide bonds. The third-order valence-electron chi connectivity index (χ3n) is 5.76. The van der Waals surface area contributed by atoms with Crippen LogP contribution in [-0.2, 0) is 22.4 Å². The van der Waals surface area contributed by atoms with Gasteiger partial charge in [0, 0.05) is 5.92 Å². The van der Waals surface area contributed by atoms with Crippen molar-refractivity contribution in [3.05, 3.63) is 96.1 Å². The minimum Gasteiger partial charge on any atom is -0.481 e. The summed E-state index contributed by atoms with van der Waals surface area (Å²) >= 11 is 0. The number of aliphatic hydroxyl groups excluding tert-OH is 1. The Labute approximate surface area is 195 Å². The number of aliphatic hydroxyl groups is 1. The molecule has 3 N–H and O–H groups in total. The summed E-state index contributed by atoms with van der Waals surface area (Å²) in [6.07, 6.45) is 2.23. The summed E-state index contributed by atoms with van der Waals surface area (Å²) < 4.78 is 0. The highest BCUT2D eigenvalue weighted by Gasteiger charge is 2.23. The van der Waals surface area contributed by atoms with Crippen LogP contribution in [0.15, 0.2) is 84.9 Å². The second kappa shape index (κ2) is 12.6. The van der Waals surface area contributed by atoms with Gasteiger partial charge in [-0.15, -0.1) is 0 Å². The highest BCUT2D eigenvalue weighted by molar-refractivity contribution is 5.83. The van der Waals surface area contributed by atoms with E-state index in [9.17, 15) is 19.8 Å². The van der Waals surface area contributed by atoms with Crippen LogP contribution in [-0.4, -0.2) is 34.7 Å². The van der Waals surface area contributed by atoms with Crippen LogP contribution in [0.2, 0.25) is 0 Å². The number of nitrogens with one attached hydrogen (secondary N) is 1. The molecule has 2 atom stereocenters. The molecule has 0 bridgehead atoms. The minimum absolute atomic E-state index is 0.200. The largest absolute Gasteiger partial charge is 0.481 e. The molecule has 0 aliphatic carbocycles. The molecule has 0 saturated carbocycles. The number of benzene rings is 3. The normalized spacial score (nSPS) is 12.6. The van der Waals surface area contributed by atoms with Crippen LogP contribution in [0.1, 0.15) is 30.4 Å². The molecule has 0 spiro atoms. The van der Waals surface area contributed by atoms with Gasteiger partial charge in [0.25, 0.3) is 0 Å². The highest BCUT2D eigenvalue weighted by atomic mass is 16.4. The zero-order valence-electron chi connectivity index (χ0n) is 18.7. The zero-order chi connectivity index (χ0) is 23.5. The minimum atomic E-state index is -0.994. The van der Waals surface area contributed by atoms with Crippen molar-refractivity contribution in [1.29, 1.82) is 0 Å². The van der Waals surface area contributed by atoms with Crippen LogP contribution in [0.3, 0.4) is 0 Å². The first-order valence-electron chi connectivity index (χ1n) is 11.4. The molecule has 0 unspecified atom stereocenters. The number of carboxylic acid groups (broad SMARTS) is 1. The van der Waals surface area contributed by atoms with Crippen LogP contribution in [0, 0.1) is 5.92 Å². The fourth-order valence-corrected chi connectivity index (χ4v) is 3.96. The Bertz CT molecular complexity index is 1000. The lowest BCUT2D eigenvalue weighted by Gasteiger charge is -2.21. The summed E-state index contributed by atoms with van der Waals surface area (Å²) in [4.78, 5) is 24.1. The number of aliphatic carboxylic acids is 1. The molecular weight excluding hydrogens is 414 g/mol. The Morgan fingerprint density at radius 2 is 1.39 bits per heavy atom. The molecule has 0 aliphatic heterocycles. The Morgan fingerprint density at radius 3 is 2.00 bits per heavy atom. The van der Waals surface area contributed by atoms with E-state index in [0.29, 0.717) is 19.3 Å². The van der Waals surface area contributed by atoms with E-state index >= 15 is 0 Å². The van der Waals surface area contributed by atoms with Gasteiger partial charge in [0.1, 0.15) is 0 Å². The van der Waals surface area contributed by atoms with Crippen molar-refractivity contribution in [2.75, 3.05) is 6.61 Å². The van der Waals surface area contributed by atoms with E-state index in [2.05, 4.69) is 41.7 Å². The number of rotatable bonds is 12. The Hall–Kier alpha value is -3.44. The van der Waals surface area contributed by atoms with Gasteiger partial charge >= 0.3 is 5.97 Å². The molecule has 0 aromatic heterocycles. The second-order valence-electron chi connectivity index (χ2n) is 8.33. The van der Waals surface area contributed by atoms with Gasteiger partial charge in [-0.1, -0.05) is 84.9 Å². The van der Waals surface area contributed by atoms with Crippen LogP contribution in [0.5, 0.6) is 0 Å². The molecule has 0 fully saturated rings.